The summed E-state index contributed by atoms with van der Waals surface area (Å²) in [5, 5.41) is 2.73. The number of hydrogen-bond donors (Lipinski definition) is 1. The molecule has 1 amide bonds. The van der Waals surface area contributed by atoms with Crippen molar-refractivity contribution in [3.05, 3.63) is 6.92 Å². The van der Waals surface area contributed by atoms with Crippen molar-refractivity contribution in [1.82, 2.24) is 5.32 Å². The van der Waals surface area contributed by atoms with Gasteiger partial charge in [-0.3, -0.25) is 4.79 Å². The van der Waals surface area contributed by atoms with Crippen LogP contribution in [0, 0.1) is 6.92 Å². The first kappa shape index (κ1) is 8.47. The van der Waals surface area contributed by atoms with Crippen LogP contribution >= 0.6 is 0 Å². The first-order valence-electron chi connectivity index (χ1n) is 3.33. The monoisotopic (exact) mass is 128 g/mol. The zero-order chi connectivity index (χ0) is 7.28. The molecule has 0 aliphatic rings. The molecule has 0 fully saturated rings. The topological polar surface area (TPSA) is 29.1 Å². The quantitative estimate of drug-likeness (QED) is 0.606. The second-order valence-corrected chi connectivity index (χ2v) is 2.08. The van der Waals surface area contributed by atoms with E-state index in [9.17, 15) is 4.79 Å². The van der Waals surface area contributed by atoms with Crippen molar-refractivity contribution < 1.29 is 4.79 Å². The molecule has 53 valence electrons. The van der Waals surface area contributed by atoms with Crippen LogP contribution < -0.4 is 5.32 Å². The average molecular weight is 128 g/mol. The van der Waals surface area contributed by atoms with E-state index in [1.165, 1.54) is 0 Å². The molecule has 0 spiro atoms. The van der Waals surface area contributed by atoms with E-state index in [0.717, 1.165) is 12.8 Å². The first-order chi connectivity index (χ1) is 4.20. The Hall–Kier alpha value is -0.530. The van der Waals surface area contributed by atoms with E-state index >= 15 is 0 Å². The van der Waals surface area contributed by atoms with Gasteiger partial charge in [-0.25, -0.2) is 0 Å². The molecule has 0 saturated carbocycles. The number of amides is 1. The SMILES string of the molecule is [CH2]C(=O)NC(CC)CC. The Morgan fingerprint density at radius 2 is 2.00 bits per heavy atom. The van der Waals surface area contributed by atoms with Crippen LogP contribution in [0.2, 0.25) is 0 Å². The Kier molecular flexibility index (Phi) is 4.10. The van der Waals surface area contributed by atoms with Gasteiger partial charge in [-0.05, 0) is 12.8 Å². The van der Waals surface area contributed by atoms with Crippen LogP contribution in [0.25, 0.3) is 0 Å². The van der Waals surface area contributed by atoms with E-state index in [4.69, 9.17) is 0 Å². The number of hydrogen-bond acceptors (Lipinski definition) is 1. The summed E-state index contributed by atoms with van der Waals surface area (Å²) < 4.78 is 0. The summed E-state index contributed by atoms with van der Waals surface area (Å²) in [6.45, 7) is 7.32. The zero-order valence-corrected chi connectivity index (χ0v) is 6.11. The standard InChI is InChI=1S/C7H14NO/c1-4-7(5-2)8-6(3)9/h7H,3-5H2,1-2H3,(H,8,9). The Labute approximate surface area is 56.6 Å². The predicted molar refractivity (Wildman–Crippen MR) is 37.9 cm³/mol. The van der Waals surface area contributed by atoms with Gasteiger partial charge in [-0.15, -0.1) is 0 Å². The van der Waals surface area contributed by atoms with E-state index in [-0.39, 0.29) is 5.91 Å². The molecule has 0 bridgehead atoms. The van der Waals surface area contributed by atoms with Gasteiger partial charge in [0.05, 0.1) is 0 Å². The van der Waals surface area contributed by atoms with Crippen LogP contribution in [0.15, 0.2) is 0 Å². The van der Waals surface area contributed by atoms with Crippen molar-refractivity contribution in [2.75, 3.05) is 0 Å². The molecule has 2 heteroatoms. The second-order valence-electron chi connectivity index (χ2n) is 2.08. The summed E-state index contributed by atoms with van der Waals surface area (Å²) in [5.74, 6) is -0.177. The molecule has 0 aliphatic carbocycles. The molecular weight excluding hydrogens is 114 g/mol. The highest BCUT2D eigenvalue weighted by Crippen LogP contribution is 1.94. The number of rotatable bonds is 3. The molecule has 0 aromatic carbocycles. The Balaban J connectivity index is 3.43. The maximum absolute atomic E-state index is 10.3. The van der Waals surface area contributed by atoms with Crippen molar-refractivity contribution in [2.45, 2.75) is 32.7 Å². The molecule has 0 aliphatic heterocycles. The zero-order valence-electron chi connectivity index (χ0n) is 6.11. The molecule has 0 aromatic heterocycles. The largest absolute Gasteiger partial charge is 0.353 e. The van der Waals surface area contributed by atoms with Crippen LogP contribution in [-0.2, 0) is 4.79 Å². The van der Waals surface area contributed by atoms with Crippen LogP contribution in [0.4, 0.5) is 0 Å². The molecule has 0 saturated heterocycles. The third kappa shape index (κ3) is 4.01. The lowest BCUT2D eigenvalue weighted by Crippen LogP contribution is -2.31. The fourth-order valence-electron chi connectivity index (χ4n) is 0.720. The van der Waals surface area contributed by atoms with Crippen LogP contribution in [0.1, 0.15) is 26.7 Å². The lowest BCUT2D eigenvalue weighted by atomic mass is 10.2. The highest BCUT2D eigenvalue weighted by Gasteiger charge is 2.01. The van der Waals surface area contributed by atoms with E-state index < -0.39 is 0 Å². The third-order valence-corrected chi connectivity index (χ3v) is 1.35. The van der Waals surface area contributed by atoms with E-state index in [0.29, 0.717) is 6.04 Å². The molecular formula is C7H14NO. The molecule has 1 N–H and O–H groups in total. The smallest absolute Gasteiger partial charge is 0.220 e. The fourth-order valence-corrected chi connectivity index (χ4v) is 0.720. The average Bonchev–Trinajstić information content (AvgIpc) is 1.82. The predicted octanol–water partition coefficient (Wildman–Crippen LogP) is 1.13. The van der Waals surface area contributed by atoms with Gasteiger partial charge in [0.15, 0.2) is 0 Å². The molecule has 0 rings (SSSR count). The summed E-state index contributed by atoms with van der Waals surface area (Å²) in [5.41, 5.74) is 0. The van der Waals surface area contributed by atoms with Gasteiger partial charge in [0.2, 0.25) is 5.91 Å². The maximum Gasteiger partial charge on any atom is 0.220 e. The van der Waals surface area contributed by atoms with Gasteiger partial charge in [0.1, 0.15) is 0 Å². The van der Waals surface area contributed by atoms with Gasteiger partial charge >= 0.3 is 0 Å². The van der Waals surface area contributed by atoms with Gasteiger partial charge in [-0.1, -0.05) is 13.8 Å². The molecule has 0 atom stereocenters. The number of carbonyl (C=O) groups is 1. The Bertz CT molecular complexity index is 86.9. The van der Waals surface area contributed by atoms with Crippen molar-refractivity contribution in [3.8, 4) is 0 Å². The fraction of sp³-hybridized carbons (Fsp3) is 0.714. The third-order valence-electron chi connectivity index (χ3n) is 1.35. The highest BCUT2D eigenvalue weighted by atomic mass is 16.1. The van der Waals surface area contributed by atoms with Gasteiger partial charge in [0, 0.05) is 13.0 Å². The van der Waals surface area contributed by atoms with Crippen LogP contribution in [-0.4, -0.2) is 11.9 Å². The van der Waals surface area contributed by atoms with Gasteiger partial charge in [0.25, 0.3) is 0 Å². The summed E-state index contributed by atoms with van der Waals surface area (Å²) in [6.07, 6.45) is 1.97. The van der Waals surface area contributed by atoms with Crippen molar-refractivity contribution >= 4 is 5.91 Å². The first-order valence-corrected chi connectivity index (χ1v) is 3.33. The van der Waals surface area contributed by atoms with Crippen molar-refractivity contribution in [3.63, 3.8) is 0 Å². The summed E-state index contributed by atoms with van der Waals surface area (Å²) in [7, 11) is 0. The van der Waals surface area contributed by atoms with Crippen molar-refractivity contribution in [2.24, 2.45) is 0 Å². The van der Waals surface area contributed by atoms with Crippen molar-refractivity contribution in [1.29, 1.82) is 0 Å². The number of carbonyl (C=O) groups excluding carboxylic acids is 1. The van der Waals surface area contributed by atoms with E-state index in [1.54, 1.807) is 0 Å². The maximum atomic E-state index is 10.3. The van der Waals surface area contributed by atoms with Crippen LogP contribution in [0.5, 0.6) is 0 Å². The molecule has 0 unspecified atom stereocenters. The summed E-state index contributed by atoms with van der Waals surface area (Å²) >= 11 is 0. The Morgan fingerprint density at radius 3 is 2.11 bits per heavy atom. The Morgan fingerprint density at radius 1 is 1.56 bits per heavy atom. The minimum atomic E-state index is -0.177. The summed E-state index contributed by atoms with van der Waals surface area (Å²) in [6, 6.07) is 0.315. The highest BCUT2D eigenvalue weighted by molar-refractivity contribution is 5.80. The minimum absolute atomic E-state index is 0.177. The minimum Gasteiger partial charge on any atom is -0.353 e. The lowest BCUT2D eigenvalue weighted by molar-refractivity contribution is -0.117. The van der Waals surface area contributed by atoms with Crippen LogP contribution in [0.3, 0.4) is 0 Å². The van der Waals surface area contributed by atoms with Gasteiger partial charge < -0.3 is 5.32 Å². The molecule has 0 heterocycles. The molecule has 2 nitrogen and oxygen atoms in total. The number of nitrogens with one attached hydrogen (secondary N) is 1. The molecule has 1 radical (unpaired) electrons. The van der Waals surface area contributed by atoms with E-state index in [1.807, 2.05) is 13.8 Å². The summed E-state index contributed by atoms with van der Waals surface area (Å²) in [4.78, 5) is 10.3. The second kappa shape index (κ2) is 4.36. The lowest BCUT2D eigenvalue weighted by Gasteiger charge is -2.11. The molecule has 0 aromatic rings. The molecule has 9 heavy (non-hydrogen) atoms. The van der Waals surface area contributed by atoms with Gasteiger partial charge in [-0.2, -0.15) is 0 Å². The van der Waals surface area contributed by atoms with E-state index in [2.05, 4.69) is 12.2 Å². The normalized spacial score (nSPS) is 9.78.